The third kappa shape index (κ3) is 2.97. The van der Waals surface area contributed by atoms with E-state index in [4.69, 9.17) is 0 Å². The lowest BCUT2D eigenvalue weighted by Gasteiger charge is -2.38. The molecule has 6 nitrogen and oxygen atoms in total. The number of amides is 2. The predicted molar refractivity (Wildman–Crippen MR) is 100 cm³/mol. The van der Waals surface area contributed by atoms with Gasteiger partial charge in [-0.15, -0.1) is 0 Å². The zero-order valence-electron chi connectivity index (χ0n) is 14.9. The summed E-state index contributed by atoms with van der Waals surface area (Å²) in [6, 6.07) is 10.8. The summed E-state index contributed by atoms with van der Waals surface area (Å²) in [7, 11) is 2.14. The summed E-state index contributed by atoms with van der Waals surface area (Å²) in [6.45, 7) is 2.42. The van der Waals surface area contributed by atoms with E-state index in [1.165, 1.54) is 6.42 Å². The van der Waals surface area contributed by atoms with E-state index in [0.717, 1.165) is 30.4 Å². The average Bonchev–Trinajstić information content (AvgIpc) is 2.76. The molecule has 2 aliphatic heterocycles. The number of anilines is 3. The fourth-order valence-electron chi connectivity index (χ4n) is 3.92. The highest BCUT2D eigenvalue weighted by Gasteiger charge is 2.35. The van der Waals surface area contributed by atoms with E-state index in [-0.39, 0.29) is 11.8 Å². The number of para-hydroxylation sites is 1. The summed E-state index contributed by atoms with van der Waals surface area (Å²) in [4.78, 5) is 32.0. The van der Waals surface area contributed by atoms with Crippen molar-refractivity contribution in [1.82, 2.24) is 4.98 Å². The Labute approximate surface area is 153 Å². The maximum atomic E-state index is 13.4. The van der Waals surface area contributed by atoms with Gasteiger partial charge in [-0.05, 0) is 43.5 Å². The number of quaternary nitrogens is 1. The Morgan fingerprint density at radius 2 is 1.92 bits per heavy atom. The van der Waals surface area contributed by atoms with E-state index in [1.807, 2.05) is 18.2 Å². The van der Waals surface area contributed by atoms with Gasteiger partial charge < -0.3 is 9.80 Å². The van der Waals surface area contributed by atoms with Crippen LogP contribution in [0.3, 0.4) is 0 Å². The number of nitrogens with one attached hydrogen (secondary N) is 1. The molecular weight excluding hydrogens is 328 g/mol. The minimum Gasteiger partial charge on any atom is -0.319 e. The fraction of sp³-hybridized carbons (Fsp3) is 0.350. The molecular formula is C20H23N4O2+. The van der Waals surface area contributed by atoms with Crippen LogP contribution in [0.15, 0.2) is 42.6 Å². The van der Waals surface area contributed by atoms with Crippen LogP contribution in [0.2, 0.25) is 0 Å². The summed E-state index contributed by atoms with van der Waals surface area (Å²) in [5.74, 6) is 0.237. The Morgan fingerprint density at radius 3 is 2.73 bits per heavy atom. The third-order valence-corrected chi connectivity index (χ3v) is 5.30. The number of likely N-dealkylation sites (N-methyl/N-ethyl adjacent to an activating group) is 1. The van der Waals surface area contributed by atoms with E-state index in [9.17, 15) is 9.59 Å². The van der Waals surface area contributed by atoms with Crippen LogP contribution >= 0.6 is 0 Å². The van der Waals surface area contributed by atoms with Crippen molar-refractivity contribution in [2.24, 2.45) is 0 Å². The van der Waals surface area contributed by atoms with E-state index in [2.05, 4.69) is 17.3 Å². The number of likely N-dealkylation sites (tertiary alicyclic amines) is 1. The number of carbonyl (C=O) groups excluding carboxylic acids is 2. The van der Waals surface area contributed by atoms with Crippen LogP contribution in [-0.2, 0) is 4.79 Å². The Morgan fingerprint density at radius 1 is 1.15 bits per heavy atom. The number of carbonyl (C=O) groups is 2. The molecule has 0 atom stereocenters. The molecule has 0 bridgehead atoms. The first-order valence-corrected chi connectivity index (χ1v) is 9.09. The molecule has 1 fully saturated rings. The van der Waals surface area contributed by atoms with E-state index in [0.29, 0.717) is 29.3 Å². The number of hydrogen-bond donors (Lipinski definition) is 1. The second-order valence-corrected chi connectivity index (χ2v) is 7.36. The predicted octanol–water partition coefficient (Wildman–Crippen LogP) is 2.94. The van der Waals surface area contributed by atoms with Gasteiger partial charge in [0.15, 0.2) is 12.4 Å². The zero-order chi connectivity index (χ0) is 18.1. The zero-order valence-corrected chi connectivity index (χ0v) is 14.9. The quantitative estimate of drug-likeness (QED) is 0.846. The molecule has 26 heavy (non-hydrogen) atoms. The van der Waals surface area contributed by atoms with E-state index in [1.54, 1.807) is 29.3 Å². The van der Waals surface area contributed by atoms with Gasteiger partial charge in [0.1, 0.15) is 0 Å². The highest BCUT2D eigenvalue weighted by Crippen LogP contribution is 2.36. The maximum absolute atomic E-state index is 13.4. The van der Waals surface area contributed by atoms with Crippen LogP contribution < -0.4 is 10.2 Å². The van der Waals surface area contributed by atoms with E-state index >= 15 is 0 Å². The normalized spacial score (nSPS) is 18.3. The Kier molecular flexibility index (Phi) is 4.20. The maximum Gasteiger partial charge on any atom is 0.288 e. The van der Waals surface area contributed by atoms with Crippen LogP contribution in [0.1, 0.15) is 29.6 Å². The fourth-order valence-corrected chi connectivity index (χ4v) is 3.92. The number of rotatable bonds is 2. The topological polar surface area (TPSA) is 62.3 Å². The average molecular weight is 351 g/mol. The van der Waals surface area contributed by atoms with Gasteiger partial charge in [-0.3, -0.25) is 14.5 Å². The van der Waals surface area contributed by atoms with Crippen LogP contribution in [0.4, 0.5) is 17.2 Å². The summed E-state index contributed by atoms with van der Waals surface area (Å²) < 4.78 is 0.737. The minimum atomic E-state index is -0.219. The Hall–Kier alpha value is -2.73. The van der Waals surface area contributed by atoms with Gasteiger partial charge in [0.05, 0.1) is 37.1 Å². The van der Waals surface area contributed by atoms with Crippen molar-refractivity contribution < 1.29 is 14.1 Å². The number of aromatic nitrogens is 1. The molecule has 1 N–H and O–H groups in total. The van der Waals surface area contributed by atoms with Crippen LogP contribution in [0.25, 0.3) is 0 Å². The number of piperidine rings is 1. The molecule has 0 spiro atoms. The van der Waals surface area contributed by atoms with Crippen LogP contribution in [0, 0.1) is 0 Å². The molecule has 1 saturated heterocycles. The standard InChI is InChI=1S/C20H22N4O2/c1-24(12-5-2-6-13-24)14-18(25)23-17-10-4-3-8-15(17)20(26)22-16-9-7-11-21-19(16)23/h3-4,7-11H,2,5-6,12-14H2,1H3/p+1. The lowest BCUT2D eigenvalue weighted by atomic mass is 10.1. The van der Waals surface area contributed by atoms with Crippen LogP contribution in [0.5, 0.6) is 0 Å². The SMILES string of the molecule is C[N+]1(CC(=O)N2c3ccccc3C(=O)Nc3cccnc32)CCCCC1. The number of hydrogen-bond acceptors (Lipinski definition) is 3. The molecule has 2 amide bonds. The van der Waals surface area contributed by atoms with Gasteiger partial charge in [0.25, 0.3) is 11.8 Å². The van der Waals surface area contributed by atoms with Crippen molar-refractivity contribution in [3.63, 3.8) is 0 Å². The highest BCUT2D eigenvalue weighted by molar-refractivity contribution is 6.17. The first kappa shape index (κ1) is 16.7. The Balaban J connectivity index is 1.77. The van der Waals surface area contributed by atoms with Gasteiger partial charge in [-0.1, -0.05) is 12.1 Å². The molecule has 0 radical (unpaired) electrons. The molecule has 3 heterocycles. The van der Waals surface area contributed by atoms with Crippen molar-refractivity contribution in [2.45, 2.75) is 19.3 Å². The minimum absolute atomic E-state index is 0.0294. The van der Waals surface area contributed by atoms with Gasteiger partial charge in [-0.2, -0.15) is 0 Å². The number of benzene rings is 1. The molecule has 2 aromatic rings. The molecule has 0 unspecified atom stereocenters. The van der Waals surface area contributed by atoms with Crippen LogP contribution in [-0.4, -0.2) is 48.0 Å². The molecule has 1 aromatic carbocycles. The Bertz CT molecular complexity index is 858. The summed E-state index contributed by atoms with van der Waals surface area (Å²) in [5.41, 5.74) is 1.64. The van der Waals surface area contributed by atoms with Crippen molar-refractivity contribution in [3.8, 4) is 0 Å². The van der Waals surface area contributed by atoms with Gasteiger partial charge in [0, 0.05) is 6.20 Å². The molecule has 0 saturated carbocycles. The molecule has 1 aromatic heterocycles. The number of fused-ring (bicyclic) bond motifs is 2. The smallest absolute Gasteiger partial charge is 0.288 e. The molecule has 6 heteroatoms. The molecule has 0 aliphatic carbocycles. The highest BCUT2D eigenvalue weighted by atomic mass is 16.2. The van der Waals surface area contributed by atoms with Crippen molar-refractivity contribution >= 4 is 29.0 Å². The number of pyridine rings is 1. The summed E-state index contributed by atoms with van der Waals surface area (Å²) in [6.07, 6.45) is 5.18. The lowest BCUT2D eigenvalue weighted by Crippen LogP contribution is -2.53. The van der Waals surface area contributed by atoms with Gasteiger partial charge in [0.2, 0.25) is 0 Å². The second kappa shape index (κ2) is 6.53. The summed E-state index contributed by atoms with van der Waals surface area (Å²) >= 11 is 0. The van der Waals surface area contributed by atoms with Crippen molar-refractivity contribution in [1.29, 1.82) is 0 Å². The first-order valence-electron chi connectivity index (χ1n) is 9.09. The molecule has 134 valence electrons. The van der Waals surface area contributed by atoms with Crippen molar-refractivity contribution in [3.05, 3.63) is 48.2 Å². The lowest BCUT2D eigenvalue weighted by molar-refractivity contribution is -0.906. The third-order valence-electron chi connectivity index (χ3n) is 5.30. The second-order valence-electron chi connectivity index (χ2n) is 7.36. The van der Waals surface area contributed by atoms with Crippen molar-refractivity contribution in [2.75, 3.05) is 36.9 Å². The van der Waals surface area contributed by atoms with Gasteiger partial charge >= 0.3 is 0 Å². The molecule has 2 aliphatic rings. The largest absolute Gasteiger partial charge is 0.319 e. The monoisotopic (exact) mass is 351 g/mol. The summed E-state index contributed by atoms with van der Waals surface area (Å²) in [5, 5.41) is 2.88. The first-order chi connectivity index (χ1) is 12.6. The number of nitrogens with zero attached hydrogens (tertiary/aromatic N) is 3. The van der Waals surface area contributed by atoms with Gasteiger partial charge in [-0.25, -0.2) is 4.98 Å². The van der Waals surface area contributed by atoms with E-state index < -0.39 is 0 Å². The molecule has 4 rings (SSSR count).